The summed E-state index contributed by atoms with van der Waals surface area (Å²) in [6, 6.07) is 0. The molecular weight excluding hydrogens is 220 g/mol. The molecule has 0 aromatic rings. The quantitative estimate of drug-likeness (QED) is 0.696. The summed E-state index contributed by atoms with van der Waals surface area (Å²) < 4.78 is 16.7. The average Bonchev–Trinajstić information content (AvgIpc) is 2.72. The van der Waals surface area contributed by atoms with Crippen LogP contribution in [0.15, 0.2) is 0 Å². The lowest BCUT2D eigenvalue weighted by Gasteiger charge is -2.31. The van der Waals surface area contributed by atoms with Gasteiger partial charge in [0, 0.05) is 12.3 Å². The zero-order chi connectivity index (χ0) is 12.3. The Morgan fingerprint density at radius 2 is 2.00 bits per heavy atom. The highest BCUT2D eigenvalue weighted by Crippen LogP contribution is 2.40. The Bertz CT molecular complexity index is 271. The Balaban J connectivity index is 1.98. The van der Waals surface area contributed by atoms with Crippen LogP contribution in [-0.2, 0) is 19.0 Å². The van der Waals surface area contributed by atoms with Crippen molar-refractivity contribution in [3.63, 3.8) is 0 Å². The molecule has 2 aliphatic rings. The van der Waals surface area contributed by atoms with Gasteiger partial charge < -0.3 is 14.2 Å². The zero-order valence-corrected chi connectivity index (χ0v) is 10.7. The van der Waals surface area contributed by atoms with E-state index in [-0.39, 0.29) is 11.9 Å². The third kappa shape index (κ3) is 2.63. The van der Waals surface area contributed by atoms with E-state index in [1.807, 2.05) is 6.92 Å². The van der Waals surface area contributed by atoms with Crippen LogP contribution >= 0.6 is 0 Å². The highest BCUT2D eigenvalue weighted by atomic mass is 16.7. The average molecular weight is 242 g/mol. The number of rotatable bonds is 2. The molecule has 98 valence electrons. The summed E-state index contributed by atoms with van der Waals surface area (Å²) >= 11 is 0. The fourth-order valence-electron chi connectivity index (χ4n) is 2.83. The van der Waals surface area contributed by atoms with Crippen molar-refractivity contribution in [2.75, 3.05) is 19.8 Å². The minimum Gasteiger partial charge on any atom is -0.466 e. The van der Waals surface area contributed by atoms with E-state index in [1.165, 1.54) is 0 Å². The SMILES string of the molecule is CCOC(=O)C1CCC(C)C2(CC1)OCCO2. The molecule has 1 aliphatic heterocycles. The van der Waals surface area contributed by atoms with E-state index in [4.69, 9.17) is 14.2 Å². The fraction of sp³-hybridized carbons (Fsp3) is 0.923. The maximum Gasteiger partial charge on any atom is 0.308 e. The third-order valence-corrected chi connectivity index (χ3v) is 3.94. The lowest BCUT2D eigenvalue weighted by molar-refractivity contribution is -0.195. The first kappa shape index (κ1) is 12.8. The van der Waals surface area contributed by atoms with Crippen LogP contribution in [0, 0.1) is 11.8 Å². The Labute approximate surface area is 103 Å². The first-order valence-electron chi connectivity index (χ1n) is 6.62. The van der Waals surface area contributed by atoms with Crippen molar-refractivity contribution >= 4 is 5.97 Å². The molecule has 0 radical (unpaired) electrons. The van der Waals surface area contributed by atoms with E-state index in [0.717, 1.165) is 25.7 Å². The Morgan fingerprint density at radius 3 is 2.65 bits per heavy atom. The van der Waals surface area contributed by atoms with Gasteiger partial charge in [-0.15, -0.1) is 0 Å². The highest BCUT2D eigenvalue weighted by molar-refractivity contribution is 5.72. The summed E-state index contributed by atoms with van der Waals surface area (Å²) in [4.78, 5) is 11.8. The topological polar surface area (TPSA) is 44.8 Å². The van der Waals surface area contributed by atoms with Crippen LogP contribution in [-0.4, -0.2) is 31.6 Å². The monoisotopic (exact) mass is 242 g/mol. The summed E-state index contributed by atoms with van der Waals surface area (Å²) in [6.45, 7) is 5.81. The zero-order valence-electron chi connectivity index (χ0n) is 10.7. The molecule has 1 saturated carbocycles. The first-order valence-corrected chi connectivity index (χ1v) is 6.62. The number of carbonyl (C=O) groups excluding carboxylic acids is 1. The van der Waals surface area contributed by atoms with Gasteiger partial charge in [-0.1, -0.05) is 6.92 Å². The van der Waals surface area contributed by atoms with Gasteiger partial charge in [0.15, 0.2) is 5.79 Å². The highest BCUT2D eigenvalue weighted by Gasteiger charge is 2.44. The Morgan fingerprint density at radius 1 is 1.29 bits per heavy atom. The molecule has 2 unspecified atom stereocenters. The lowest BCUT2D eigenvalue weighted by Crippen LogP contribution is -2.36. The largest absolute Gasteiger partial charge is 0.466 e. The van der Waals surface area contributed by atoms with Crippen LogP contribution in [0.25, 0.3) is 0 Å². The smallest absolute Gasteiger partial charge is 0.308 e. The van der Waals surface area contributed by atoms with Crippen LogP contribution in [0.3, 0.4) is 0 Å². The third-order valence-electron chi connectivity index (χ3n) is 3.94. The summed E-state index contributed by atoms with van der Waals surface area (Å²) in [7, 11) is 0. The normalized spacial score (nSPS) is 32.4. The summed E-state index contributed by atoms with van der Waals surface area (Å²) in [6.07, 6.45) is 3.46. The van der Waals surface area contributed by atoms with E-state index in [2.05, 4.69) is 6.92 Å². The van der Waals surface area contributed by atoms with Crippen molar-refractivity contribution in [3.8, 4) is 0 Å². The van der Waals surface area contributed by atoms with Gasteiger partial charge in [0.05, 0.1) is 25.7 Å². The van der Waals surface area contributed by atoms with E-state index in [9.17, 15) is 4.79 Å². The number of carbonyl (C=O) groups is 1. The predicted molar refractivity (Wildman–Crippen MR) is 62.4 cm³/mol. The summed E-state index contributed by atoms with van der Waals surface area (Å²) in [5.74, 6) is -0.120. The minimum absolute atomic E-state index is 0.0181. The van der Waals surface area contributed by atoms with Crippen LogP contribution in [0.1, 0.15) is 39.5 Å². The van der Waals surface area contributed by atoms with Gasteiger partial charge in [-0.2, -0.15) is 0 Å². The second-order valence-corrected chi connectivity index (χ2v) is 4.97. The van der Waals surface area contributed by atoms with Crippen molar-refractivity contribution in [2.24, 2.45) is 11.8 Å². The second kappa shape index (κ2) is 5.36. The summed E-state index contributed by atoms with van der Waals surface area (Å²) in [5, 5.41) is 0. The molecule has 1 saturated heterocycles. The van der Waals surface area contributed by atoms with Gasteiger partial charge >= 0.3 is 5.97 Å². The predicted octanol–water partition coefficient (Wildman–Crippen LogP) is 2.12. The fourth-order valence-corrected chi connectivity index (χ4v) is 2.83. The Hall–Kier alpha value is -0.610. The lowest BCUT2D eigenvalue weighted by atomic mass is 9.95. The molecule has 2 rings (SSSR count). The molecule has 0 aromatic carbocycles. The van der Waals surface area contributed by atoms with Gasteiger partial charge in [-0.25, -0.2) is 0 Å². The van der Waals surface area contributed by atoms with Gasteiger partial charge in [0.2, 0.25) is 0 Å². The number of esters is 1. The van der Waals surface area contributed by atoms with Crippen molar-refractivity contribution in [2.45, 2.75) is 45.3 Å². The van der Waals surface area contributed by atoms with Crippen molar-refractivity contribution < 1.29 is 19.0 Å². The van der Waals surface area contributed by atoms with Crippen LogP contribution in [0.5, 0.6) is 0 Å². The molecule has 0 N–H and O–H groups in total. The maximum absolute atomic E-state index is 11.8. The number of hydrogen-bond donors (Lipinski definition) is 0. The van der Waals surface area contributed by atoms with Gasteiger partial charge in [0.1, 0.15) is 0 Å². The first-order chi connectivity index (χ1) is 8.18. The molecular formula is C13H22O4. The summed E-state index contributed by atoms with van der Waals surface area (Å²) in [5.41, 5.74) is 0. The van der Waals surface area contributed by atoms with Gasteiger partial charge in [-0.3, -0.25) is 4.79 Å². The molecule has 0 bridgehead atoms. The molecule has 1 aliphatic carbocycles. The molecule has 4 heteroatoms. The van der Waals surface area contributed by atoms with E-state index >= 15 is 0 Å². The van der Waals surface area contributed by atoms with Crippen LogP contribution in [0.2, 0.25) is 0 Å². The van der Waals surface area contributed by atoms with E-state index in [0.29, 0.717) is 25.7 Å². The van der Waals surface area contributed by atoms with Crippen molar-refractivity contribution in [3.05, 3.63) is 0 Å². The van der Waals surface area contributed by atoms with Crippen molar-refractivity contribution in [1.29, 1.82) is 0 Å². The minimum atomic E-state index is -0.429. The molecule has 0 aromatic heterocycles. The number of hydrogen-bond acceptors (Lipinski definition) is 4. The van der Waals surface area contributed by atoms with Gasteiger partial charge in [-0.05, 0) is 26.2 Å². The van der Waals surface area contributed by atoms with E-state index < -0.39 is 5.79 Å². The molecule has 2 fully saturated rings. The second-order valence-electron chi connectivity index (χ2n) is 4.97. The molecule has 4 nitrogen and oxygen atoms in total. The number of ether oxygens (including phenoxy) is 3. The van der Waals surface area contributed by atoms with Gasteiger partial charge in [0.25, 0.3) is 0 Å². The molecule has 17 heavy (non-hydrogen) atoms. The van der Waals surface area contributed by atoms with E-state index in [1.54, 1.807) is 0 Å². The Kier molecular flexibility index (Phi) is 4.05. The molecule has 1 heterocycles. The van der Waals surface area contributed by atoms with Crippen LogP contribution < -0.4 is 0 Å². The van der Waals surface area contributed by atoms with Crippen LogP contribution in [0.4, 0.5) is 0 Å². The standard InChI is InChI=1S/C13H22O4/c1-3-15-12(14)11-5-4-10(2)13(7-6-11)16-8-9-17-13/h10-11H,3-9H2,1-2H3. The maximum atomic E-state index is 11.8. The molecule has 1 spiro atoms. The molecule has 2 atom stereocenters. The molecule has 0 amide bonds. The van der Waals surface area contributed by atoms with Crippen molar-refractivity contribution in [1.82, 2.24) is 0 Å².